The van der Waals surface area contributed by atoms with Crippen LogP contribution in [0.2, 0.25) is 5.02 Å². The van der Waals surface area contributed by atoms with E-state index >= 15 is 0 Å². The Hall–Kier alpha value is -3.64. The Balaban J connectivity index is 1.55. The molecule has 0 amide bonds. The summed E-state index contributed by atoms with van der Waals surface area (Å²) in [5.74, 6) is 0.543. The Morgan fingerprint density at radius 2 is 1.94 bits per heavy atom. The number of hydrogen-bond donors (Lipinski definition) is 0. The van der Waals surface area contributed by atoms with Crippen LogP contribution in [0.3, 0.4) is 0 Å². The summed E-state index contributed by atoms with van der Waals surface area (Å²) in [4.78, 5) is 8.93. The van der Waals surface area contributed by atoms with Crippen LogP contribution in [0.15, 0.2) is 73.4 Å². The Labute approximate surface area is 184 Å². The molecule has 2 aromatic carbocycles. The predicted molar refractivity (Wildman–Crippen MR) is 122 cm³/mol. The van der Waals surface area contributed by atoms with Crippen LogP contribution in [0, 0.1) is 0 Å². The lowest BCUT2D eigenvalue weighted by Crippen LogP contribution is -2.00. The van der Waals surface area contributed by atoms with E-state index in [1.165, 1.54) is 0 Å². The summed E-state index contributed by atoms with van der Waals surface area (Å²) in [5, 5.41) is 5.82. The number of methoxy groups -OCH3 is 1. The number of nitrogens with zero attached hydrogens (tertiary/aromatic N) is 5. The second kappa shape index (κ2) is 7.89. The standard InChI is InChI=1S/C24H20ClN5O/c1-29-15-26-14-22(29)17-6-9-21-19(13-17)23(25)20(24(28-21)31-2)12-16-4-7-18(8-5-16)30-11-3-10-27-30/h3-11,13-15H,12H2,1-2H3. The van der Waals surface area contributed by atoms with Crippen molar-refractivity contribution in [2.75, 3.05) is 7.11 Å². The second-order valence-corrected chi connectivity index (χ2v) is 7.71. The molecular weight excluding hydrogens is 410 g/mol. The summed E-state index contributed by atoms with van der Waals surface area (Å²) in [6.45, 7) is 0. The van der Waals surface area contributed by atoms with Gasteiger partial charge in [0.25, 0.3) is 0 Å². The molecule has 5 aromatic rings. The van der Waals surface area contributed by atoms with Gasteiger partial charge in [-0.15, -0.1) is 0 Å². The van der Waals surface area contributed by atoms with Crippen molar-refractivity contribution in [3.63, 3.8) is 0 Å². The van der Waals surface area contributed by atoms with Crippen LogP contribution in [0.5, 0.6) is 5.88 Å². The zero-order chi connectivity index (χ0) is 21.4. The third kappa shape index (κ3) is 3.55. The fraction of sp³-hybridized carbons (Fsp3) is 0.125. The van der Waals surface area contributed by atoms with E-state index in [0.29, 0.717) is 17.3 Å². The molecule has 0 atom stereocenters. The number of aromatic nitrogens is 5. The summed E-state index contributed by atoms with van der Waals surface area (Å²) < 4.78 is 9.40. The van der Waals surface area contributed by atoms with Gasteiger partial charge in [-0.2, -0.15) is 5.10 Å². The largest absolute Gasteiger partial charge is 0.481 e. The maximum atomic E-state index is 6.90. The molecule has 0 saturated carbocycles. The van der Waals surface area contributed by atoms with E-state index in [-0.39, 0.29) is 0 Å². The van der Waals surface area contributed by atoms with E-state index in [1.54, 1.807) is 19.6 Å². The minimum atomic E-state index is 0.543. The Kier molecular flexibility index (Phi) is 4.92. The van der Waals surface area contributed by atoms with Crippen LogP contribution < -0.4 is 4.74 Å². The molecule has 0 N–H and O–H groups in total. The summed E-state index contributed by atoms with van der Waals surface area (Å²) in [6, 6.07) is 16.2. The third-order valence-electron chi connectivity index (χ3n) is 5.37. The van der Waals surface area contributed by atoms with Crippen molar-refractivity contribution in [2.45, 2.75) is 6.42 Å². The van der Waals surface area contributed by atoms with Crippen molar-refractivity contribution in [1.82, 2.24) is 24.3 Å². The molecule has 0 unspecified atom stereocenters. The first kappa shape index (κ1) is 19.3. The normalized spacial score (nSPS) is 11.2. The van der Waals surface area contributed by atoms with E-state index in [9.17, 15) is 0 Å². The van der Waals surface area contributed by atoms with Gasteiger partial charge in [-0.25, -0.2) is 14.6 Å². The molecule has 0 saturated heterocycles. The molecule has 31 heavy (non-hydrogen) atoms. The monoisotopic (exact) mass is 429 g/mol. The third-order valence-corrected chi connectivity index (χ3v) is 5.80. The van der Waals surface area contributed by atoms with Crippen LogP contribution in [0.1, 0.15) is 11.1 Å². The molecule has 0 aliphatic carbocycles. The first-order chi connectivity index (χ1) is 15.1. The van der Waals surface area contributed by atoms with Gasteiger partial charge in [0, 0.05) is 42.4 Å². The highest BCUT2D eigenvalue weighted by atomic mass is 35.5. The average molecular weight is 430 g/mol. The van der Waals surface area contributed by atoms with Gasteiger partial charge < -0.3 is 9.30 Å². The molecule has 0 aliphatic heterocycles. The van der Waals surface area contributed by atoms with Gasteiger partial charge in [-0.3, -0.25) is 0 Å². The van der Waals surface area contributed by atoms with Crippen LogP contribution in [0.4, 0.5) is 0 Å². The van der Waals surface area contributed by atoms with Crippen LogP contribution in [0.25, 0.3) is 27.8 Å². The molecule has 154 valence electrons. The summed E-state index contributed by atoms with van der Waals surface area (Å²) >= 11 is 6.90. The molecule has 0 aliphatic rings. The number of aryl methyl sites for hydroxylation is 1. The predicted octanol–water partition coefficient (Wildman–Crippen LogP) is 5.07. The fourth-order valence-electron chi connectivity index (χ4n) is 3.75. The molecule has 3 heterocycles. The fourth-order valence-corrected chi connectivity index (χ4v) is 4.05. The molecule has 0 radical (unpaired) electrons. The van der Waals surface area contributed by atoms with Crippen molar-refractivity contribution < 1.29 is 4.74 Å². The topological polar surface area (TPSA) is 57.8 Å². The maximum absolute atomic E-state index is 6.90. The van der Waals surface area contributed by atoms with E-state index in [1.807, 2.05) is 59.0 Å². The number of halogens is 1. The van der Waals surface area contributed by atoms with E-state index in [0.717, 1.165) is 39.0 Å². The highest BCUT2D eigenvalue weighted by Gasteiger charge is 2.16. The van der Waals surface area contributed by atoms with Crippen LogP contribution in [-0.4, -0.2) is 31.4 Å². The van der Waals surface area contributed by atoms with Gasteiger partial charge in [0.1, 0.15) is 0 Å². The minimum absolute atomic E-state index is 0.543. The van der Waals surface area contributed by atoms with Gasteiger partial charge >= 0.3 is 0 Å². The summed E-state index contributed by atoms with van der Waals surface area (Å²) in [6.07, 6.45) is 7.92. The number of rotatable bonds is 5. The van der Waals surface area contributed by atoms with E-state index < -0.39 is 0 Å². The van der Waals surface area contributed by atoms with Crippen LogP contribution in [-0.2, 0) is 13.5 Å². The quantitative estimate of drug-likeness (QED) is 0.391. The number of imidazole rings is 1. The highest BCUT2D eigenvalue weighted by Crippen LogP contribution is 2.36. The first-order valence-electron chi connectivity index (χ1n) is 9.86. The number of pyridine rings is 1. The molecular formula is C24H20ClN5O. The number of ether oxygens (including phenoxy) is 1. The smallest absolute Gasteiger partial charge is 0.218 e. The summed E-state index contributed by atoms with van der Waals surface area (Å²) in [7, 11) is 3.59. The Bertz CT molecular complexity index is 1360. The van der Waals surface area contributed by atoms with Gasteiger partial charge in [-0.05, 0) is 35.9 Å². The van der Waals surface area contributed by atoms with Crippen molar-refractivity contribution in [1.29, 1.82) is 0 Å². The molecule has 0 bridgehead atoms. The SMILES string of the molecule is COc1nc2ccc(-c3cncn3C)cc2c(Cl)c1Cc1ccc(-n2cccn2)cc1. The van der Waals surface area contributed by atoms with Gasteiger partial charge in [-0.1, -0.05) is 29.8 Å². The molecule has 6 nitrogen and oxygen atoms in total. The Morgan fingerprint density at radius 3 is 2.61 bits per heavy atom. The second-order valence-electron chi connectivity index (χ2n) is 7.33. The van der Waals surface area contributed by atoms with E-state index in [4.69, 9.17) is 21.3 Å². The number of hydrogen-bond acceptors (Lipinski definition) is 4. The number of fused-ring (bicyclic) bond motifs is 1. The van der Waals surface area contributed by atoms with Gasteiger partial charge in [0.2, 0.25) is 5.88 Å². The van der Waals surface area contributed by atoms with Gasteiger partial charge in [0.05, 0.1) is 41.6 Å². The first-order valence-corrected chi connectivity index (χ1v) is 10.2. The zero-order valence-electron chi connectivity index (χ0n) is 17.2. The molecule has 7 heteroatoms. The van der Waals surface area contributed by atoms with Crippen molar-refractivity contribution >= 4 is 22.5 Å². The molecule has 0 spiro atoms. The van der Waals surface area contributed by atoms with Crippen molar-refractivity contribution in [2.24, 2.45) is 7.05 Å². The number of benzene rings is 2. The minimum Gasteiger partial charge on any atom is -0.481 e. The lowest BCUT2D eigenvalue weighted by Gasteiger charge is -2.14. The lowest BCUT2D eigenvalue weighted by atomic mass is 10.0. The average Bonchev–Trinajstić information content (AvgIpc) is 3.48. The Morgan fingerprint density at radius 1 is 1.10 bits per heavy atom. The summed E-state index contributed by atoms with van der Waals surface area (Å²) in [5.41, 5.74) is 5.83. The molecule has 3 aromatic heterocycles. The van der Waals surface area contributed by atoms with Crippen LogP contribution >= 0.6 is 11.6 Å². The maximum Gasteiger partial charge on any atom is 0.218 e. The van der Waals surface area contributed by atoms with Gasteiger partial charge in [0.15, 0.2) is 0 Å². The van der Waals surface area contributed by atoms with Crippen molar-refractivity contribution in [3.05, 3.63) is 89.6 Å². The highest BCUT2D eigenvalue weighted by molar-refractivity contribution is 6.36. The zero-order valence-corrected chi connectivity index (χ0v) is 17.9. The molecule has 0 fully saturated rings. The van der Waals surface area contributed by atoms with Crippen molar-refractivity contribution in [3.8, 4) is 22.8 Å². The van der Waals surface area contributed by atoms with E-state index in [2.05, 4.69) is 28.3 Å². The lowest BCUT2D eigenvalue weighted by molar-refractivity contribution is 0.395. The molecule has 5 rings (SSSR count).